The fraction of sp³-hybridized carbons (Fsp3) is 0.182. The maximum Gasteiger partial charge on any atom is 0.139 e. The highest BCUT2D eigenvalue weighted by Gasteiger charge is 2.20. The average Bonchev–Trinajstić information content (AvgIpc) is 2.66. The maximum atomic E-state index is 6.29. The minimum atomic E-state index is -0.0442. The highest BCUT2D eigenvalue weighted by Crippen LogP contribution is 2.25. The molecule has 0 heterocycles. The Morgan fingerprint density at radius 1 is 0.750 bits per heavy atom. The molecule has 0 aliphatic rings. The molecule has 0 saturated carbocycles. The lowest BCUT2D eigenvalue weighted by Crippen LogP contribution is -2.34. The zero-order chi connectivity index (χ0) is 16.6. The minimum Gasteiger partial charge on any atom is -0.484 e. The molecular formula is C22H23NO. The quantitative estimate of drug-likeness (QED) is 0.663. The molecule has 122 valence electrons. The molecule has 0 radical (unpaired) electrons. The van der Waals surface area contributed by atoms with Crippen LogP contribution in [0.1, 0.15) is 24.2 Å². The van der Waals surface area contributed by atoms with E-state index in [1.165, 1.54) is 11.1 Å². The third-order valence-corrected chi connectivity index (χ3v) is 4.06. The number of hydrogen-bond acceptors (Lipinski definition) is 2. The van der Waals surface area contributed by atoms with E-state index >= 15 is 0 Å². The van der Waals surface area contributed by atoms with Crippen molar-refractivity contribution in [3.05, 3.63) is 102 Å². The Hall–Kier alpha value is -2.58. The number of rotatable bonds is 7. The first-order valence-corrected chi connectivity index (χ1v) is 8.37. The van der Waals surface area contributed by atoms with Crippen LogP contribution in [0, 0.1) is 0 Å². The summed E-state index contributed by atoms with van der Waals surface area (Å²) >= 11 is 0. The molecule has 2 nitrogen and oxygen atoms in total. The van der Waals surface area contributed by atoms with Gasteiger partial charge in [-0.1, -0.05) is 78.9 Å². The van der Waals surface area contributed by atoms with E-state index in [0.29, 0.717) is 0 Å². The second kappa shape index (κ2) is 8.32. The van der Waals surface area contributed by atoms with Crippen molar-refractivity contribution < 1.29 is 4.74 Å². The summed E-state index contributed by atoms with van der Waals surface area (Å²) in [6.45, 7) is 2.99. The van der Waals surface area contributed by atoms with Crippen LogP contribution in [0.4, 0.5) is 0 Å². The van der Waals surface area contributed by atoms with Crippen LogP contribution in [-0.4, -0.2) is 6.04 Å². The van der Waals surface area contributed by atoms with Crippen LogP contribution in [0.5, 0.6) is 5.75 Å². The third kappa shape index (κ3) is 4.46. The lowest BCUT2D eigenvalue weighted by molar-refractivity contribution is 0.161. The van der Waals surface area contributed by atoms with Crippen molar-refractivity contribution in [2.75, 3.05) is 0 Å². The first-order valence-electron chi connectivity index (χ1n) is 8.37. The Bertz CT molecular complexity index is 713. The molecule has 0 spiro atoms. The summed E-state index contributed by atoms with van der Waals surface area (Å²) < 4.78 is 6.29. The van der Waals surface area contributed by atoms with Gasteiger partial charge in [-0.25, -0.2) is 0 Å². The van der Waals surface area contributed by atoms with Crippen LogP contribution in [0.2, 0.25) is 0 Å². The third-order valence-electron chi connectivity index (χ3n) is 4.06. The number of ether oxygens (including phenoxy) is 1. The summed E-state index contributed by atoms with van der Waals surface area (Å²) in [6, 6.07) is 31.0. The first kappa shape index (κ1) is 16.3. The molecule has 2 heteroatoms. The Morgan fingerprint density at radius 2 is 1.29 bits per heavy atom. The first-order chi connectivity index (χ1) is 11.8. The molecule has 24 heavy (non-hydrogen) atoms. The van der Waals surface area contributed by atoms with Crippen molar-refractivity contribution >= 4 is 0 Å². The zero-order valence-corrected chi connectivity index (χ0v) is 13.9. The largest absolute Gasteiger partial charge is 0.484 e. The predicted octanol–water partition coefficient (Wildman–Crippen LogP) is 4.99. The van der Waals surface area contributed by atoms with E-state index in [2.05, 4.69) is 60.8 Å². The van der Waals surface area contributed by atoms with Crippen molar-refractivity contribution in [2.45, 2.75) is 25.6 Å². The lowest BCUT2D eigenvalue weighted by Gasteiger charge is -2.26. The fourth-order valence-electron chi connectivity index (χ4n) is 2.73. The normalized spacial score (nSPS) is 13.2. The summed E-state index contributed by atoms with van der Waals surface area (Å²) in [4.78, 5) is 0. The summed E-state index contributed by atoms with van der Waals surface area (Å²) in [5.41, 5.74) is 2.45. The van der Waals surface area contributed by atoms with Gasteiger partial charge < -0.3 is 10.1 Å². The molecule has 2 atom stereocenters. The topological polar surface area (TPSA) is 21.3 Å². The monoisotopic (exact) mass is 317 g/mol. The van der Waals surface area contributed by atoms with Crippen LogP contribution in [-0.2, 0) is 6.54 Å². The van der Waals surface area contributed by atoms with E-state index < -0.39 is 0 Å². The summed E-state index contributed by atoms with van der Waals surface area (Å²) in [5, 5.41) is 3.59. The molecule has 0 aliphatic carbocycles. The Labute approximate surface area is 144 Å². The second-order valence-corrected chi connectivity index (χ2v) is 5.92. The van der Waals surface area contributed by atoms with E-state index in [9.17, 15) is 0 Å². The SMILES string of the molecule is C[C@H](NCc1ccccc1)[C@H](Oc1ccccc1)c1ccccc1. The van der Waals surface area contributed by atoms with E-state index in [1.807, 2.05) is 42.5 Å². The van der Waals surface area contributed by atoms with Gasteiger partial charge in [0.2, 0.25) is 0 Å². The van der Waals surface area contributed by atoms with E-state index in [0.717, 1.165) is 12.3 Å². The van der Waals surface area contributed by atoms with Crippen molar-refractivity contribution in [1.82, 2.24) is 5.32 Å². The van der Waals surface area contributed by atoms with E-state index in [-0.39, 0.29) is 12.1 Å². The Morgan fingerprint density at radius 3 is 1.92 bits per heavy atom. The molecule has 0 bridgehead atoms. The van der Waals surface area contributed by atoms with Crippen molar-refractivity contribution in [2.24, 2.45) is 0 Å². The van der Waals surface area contributed by atoms with Crippen LogP contribution in [0.25, 0.3) is 0 Å². The molecule has 3 aromatic rings. The molecule has 0 saturated heterocycles. The Balaban J connectivity index is 1.73. The molecular weight excluding hydrogens is 294 g/mol. The van der Waals surface area contributed by atoms with Gasteiger partial charge in [0.1, 0.15) is 11.9 Å². The standard InChI is InChI=1S/C22H23NO/c1-18(23-17-19-11-5-2-6-12-19)22(20-13-7-3-8-14-20)24-21-15-9-4-10-16-21/h2-16,18,22-23H,17H2,1H3/t18-,22-/m0/s1. The molecule has 0 amide bonds. The number of para-hydroxylation sites is 1. The van der Waals surface area contributed by atoms with Gasteiger partial charge >= 0.3 is 0 Å². The zero-order valence-electron chi connectivity index (χ0n) is 13.9. The molecule has 1 N–H and O–H groups in total. The smallest absolute Gasteiger partial charge is 0.139 e. The lowest BCUT2D eigenvalue weighted by atomic mass is 10.0. The van der Waals surface area contributed by atoms with Crippen LogP contribution in [0.15, 0.2) is 91.0 Å². The number of nitrogens with one attached hydrogen (secondary N) is 1. The summed E-state index contributed by atoms with van der Waals surface area (Å²) in [6.07, 6.45) is -0.0442. The molecule has 0 fully saturated rings. The van der Waals surface area contributed by atoms with Gasteiger partial charge in [-0.2, -0.15) is 0 Å². The summed E-state index contributed by atoms with van der Waals surface area (Å²) in [7, 11) is 0. The Kier molecular flexibility index (Phi) is 5.65. The van der Waals surface area contributed by atoms with Crippen LogP contribution >= 0.6 is 0 Å². The van der Waals surface area contributed by atoms with E-state index in [4.69, 9.17) is 4.74 Å². The highest BCUT2D eigenvalue weighted by atomic mass is 16.5. The van der Waals surface area contributed by atoms with Gasteiger partial charge in [0, 0.05) is 12.6 Å². The molecule has 0 aromatic heterocycles. The van der Waals surface area contributed by atoms with Crippen molar-refractivity contribution in [1.29, 1.82) is 0 Å². The van der Waals surface area contributed by atoms with Gasteiger partial charge in [-0.05, 0) is 30.2 Å². The minimum absolute atomic E-state index is 0.0442. The van der Waals surface area contributed by atoms with Crippen LogP contribution in [0.3, 0.4) is 0 Å². The van der Waals surface area contributed by atoms with E-state index in [1.54, 1.807) is 0 Å². The summed E-state index contributed by atoms with van der Waals surface area (Å²) in [5.74, 6) is 0.889. The maximum absolute atomic E-state index is 6.29. The number of benzene rings is 3. The second-order valence-electron chi connectivity index (χ2n) is 5.92. The van der Waals surface area contributed by atoms with Gasteiger partial charge in [-0.15, -0.1) is 0 Å². The fourth-order valence-corrected chi connectivity index (χ4v) is 2.73. The van der Waals surface area contributed by atoms with Crippen molar-refractivity contribution in [3.8, 4) is 5.75 Å². The van der Waals surface area contributed by atoms with Gasteiger partial charge in [-0.3, -0.25) is 0 Å². The molecule has 3 rings (SSSR count). The van der Waals surface area contributed by atoms with Crippen molar-refractivity contribution in [3.63, 3.8) is 0 Å². The molecule has 0 aliphatic heterocycles. The van der Waals surface area contributed by atoms with Gasteiger partial charge in [0.15, 0.2) is 0 Å². The van der Waals surface area contributed by atoms with Crippen LogP contribution < -0.4 is 10.1 Å². The van der Waals surface area contributed by atoms with Gasteiger partial charge in [0.05, 0.1) is 0 Å². The molecule has 0 unspecified atom stereocenters. The predicted molar refractivity (Wildman–Crippen MR) is 99.0 cm³/mol. The molecule has 3 aromatic carbocycles. The highest BCUT2D eigenvalue weighted by molar-refractivity contribution is 5.25. The average molecular weight is 317 g/mol. The van der Waals surface area contributed by atoms with Gasteiger partial charge in [0.25, 0.3) is 0 Å². The number of hydrogen-bond donors (Lipinski definition) is 1.